The van der Waals surface area contributed by atoms with Crippen LogP contribution in [0.1, 0.15) is 94.5 Å². The highest BCUT2D eigenvalue weighted by molar-refractivity contribution is 7.48. The Morgan fingerprint density at radius 1 is 0.385 bits per heavy atom. The summed E-state index contributed by atoms with van der Waals surface area (Å²) in [5, 5.41) is 11.2. The number of phosphoric acid groups is 6. The summed E-state index contributed by atoms with van der Waals surface area (Å²) in [7, 11) is -30.5. The van der Waals surface area contributed by atoms with E-state index in [1.807, 2.05) is 0 Å². The van der Waals surface area contributed by atoms with Crippen LogP contribution in [0.5, 0.6) is 0 Å². The van der Waals surface area contributed by atoms with Crippen molar-refractivity contribution in [3.63, 3.8) is 0 Å². The predicted octanol–water partition coefficient (Wildman–Crippen LogP) is -0.366. The number of carbonyl (C=O) groups excluding carboxylic acids is 3. The second kappa shape index (κ2) is 34.7. The molecule has 6 unspecified atom stereocenters. The number of alkyl halides is 3. The fraction of sp³-hybridized carbons (Fsp3) is 0.531. The Kier molecular flexibility index (Phi) is 23.9. The van der Waals surface area contributed by atoms with Gasteiger partial charge < -0.3 is 84.8 Å². The molecular weight excluding hydrogens is 1960 g/mol. The topological polar surface area (TPSA) is 830 Å². The predicted molar refractivity (Wildman–Crippen MR) is 427 cm³/mol. The van der Waals surface area contributed by atoms with Crippen LogP contribution in [0, 0.1) is 0 Å². The monoisotopic (exact) mass is 2020 g/mol. The lowest BCUT2D eigenvalue weighted by molar-refractivity contribution is -0.244. The number of nitrogens with one attached hydrogen (secondary N) is 3. The third kappa shape index (κ3) is 17.4. The molecule has 135 heavy (non-hydrogen) atoms. The molecule has 13 aliphatic rings. The zero-order valence-electron chi connectivity index (χ0n) is 67.6. The molecule has 9 aromatic rings. The van der Waals surface area contributed by atoms with Crippen LogP contribution in [0.2, 0.25) is 0 Å². The van der Waals surface area contributed by atoms with Gasteiger partial charge in [-0.3, -0.25) is 125 Å². The van der Waals surface area contributed by atoms with Gasteiger partial charge in [-0.05, 0) is 0 Å². The van der Waals surface area contributed by atoms with Gasteiger partial charge in [0, 0.05) is 44.3 Å². The van der Waals surface area contributed by atoms with Crippen LogP contribution in [0.4, 0.5) is 48.5 Å². The van der Waals surface area contributed by atoms with Crippen LogP contribution in [0.15, 0.2) is 67.3 Å². The van der Waals surface area contributed by atoms with Gasteiger partial charge in [-0.15, -0.1) is 0 Å². The number of nitrogens with zero attached hydrogens (tertiary/aromatic N) is 18. The standard InChI is InChI=1S/C22H24N8O14P2.C21H22F2N8O12P2.C21H23FN8O12P2/c23-21-27-17-11(18(33)28-21)26-7-30(17)20-14-15-22(42-20,4-38-15)5-40-46(36,37)43-13-9(3-39-45(34,35)44-14)41-19(12(13)32)29-6-25-10-8(31)1-2-24-16(10)29;22-10-8-3-38-44(34,35)42-14-9(41-19(11(14)23)30-5-26-12-7(32)1-2-25-16(12)30)4-39-45(36,37)43-15(10)20(40-8)31-6-27-13-17(31)28-21(24)29-18(13)33;22-12-15-11(40-20(12)29-6-25-13-9(31)1-2-24-16(13)29)5-38-43(33,34)41-10-3-8(4-37-44(35,36)42-15)39-19(10)30-7-26-14-17(30)27-21(23)28-18(14)32/h2,6-7,9,12-15,19-20,32H,1,3-5H2,(H,34,35)(H,36,37)(H3,23,27,28,33);2,5-6,8-11,14-15,19-20H,1,3-4H2,(H,34,35)(H,36,37)(H3,24,28,29,33);2,6-8,10-12,15,19-20H,1,3-5H2,(H,33,34)(H,35,36)(H3,23,27,28,32)/t9-,12-,13-,14-,15+,19-,20-,22-;8-,9-,10-,11+,14-,15-,19-,20-;8-,10+,11+,12-,15+,19+,20+/m110/s1. The highest BCUT2D eigenvalue weighted by Crippen LogP contribution is 2.61. The maximum atomic E-state index is 15.8. The van der Waals surface area contributed by atoms with E-state index >= 15 is 13.2 Å². The smallest absolute Gasteiger partial charge is 0.386 e. The largest absolute Gasteiger partial charge is 0.472 e. The first-order chi connectivity index (χ1) is 64.1. The maximum Gasteiger partial charge on any atom is 0.472 e. The van der Waals surface area contributed by atoms with Gasteiger partial charge in [-0.1, -0.05) is 0 Å². The van der Waals surface area contributed by atoms with Crippen LogP contribution < -0.4 is 33.9 Å². The number of carbonyl (C=O) groups is 3. The lowest BCUT2D eigenvalue weighted by Crippen LogP contribution is -2.61. The van der Waals surface area contributed by atoms with Crippen molar-refractivity contribution < 1.29 is 177 Å². The molecule has 29 atom stereocenters. The van der Waals surface area contributed by atoms with E-state index in [9.17, 15) is 90.6 Å². The van der Waals surface area contributed by atoms with Gasteiger partial charge in [0.2, 0.25) is 17.8 Å². The van der Waals surface area contributed by atoms with Crippen LogP contribution in [0.3, 0.4) is 0 Å². The Hall–Kier alpha value is -9.77. The minimum atomic E-state index is -5.25. The lowest BCUT2D eigenvalue weighted by Gasteiger charge is -2.43. The number of imidazole rings is 6. The summed E-state index contributed by atoms with van der Waals surface area (Å²) in [6.07, 6.45) is -25.5. The summed E-state index contributed by atoms with van der Waals surface area (Å²) in [5.41, 5.74) is 12.6. The average molecular weight is 2030 g/mol. The molecule has 22 rings (SSSR count). The molecule has 13 aliphatic heterocycles. The number of ether oxygens (including phenoxy) is 7. The van der Waals surface area contributed by atoms with Gasteiger partial charge in [0.05, 0.1) is 90.3 Å². The van der Waals surface area contributed by atoms with Crippen LogP contribution >= 0.6 is 46.9 Å². The van der Waals surface area contributed by atoms with Gasteiger partial charge in [-0.25, -0.2) is 85.4 Å². The minimum Gasteiger partial charge on any atom is -0.386 e. The molecule has 0 spiro atoms. The molecule has 6 bridgehead atoms. The molecule has 16 N–H and O–H groups in total. The van der Waals surface area contributed by atoms with Crippen molar-refractivity contribution in [2.75, 3.05) is 63.4 Å². The molecule has 22 heterocycles. The normalized spacial score (nSPS) is 39.1. The number of nitrogen functional groups attached to an aromatic ring is 3. The first kappa shape index (κ1) is 92.9. The molecule has 62 nitrogen and oxygen atoms in total. The molecular formula is C64H69F3N24O38P6. The summed E-state index contributed by atoms with van der Waals surface area (Å²) in [4.78, 5) is 192. The molecule has 0 radical (unpaired) electrons. The van der Waals surface area contributed by atoms with Crippen molar-refractivity contribution >= 4 is 152 Å². The Morgan fingerprint density at radius 2 is 0.748 bits per heavy atom. The Balaban J connectivity index is 0.000000126. The van der Waals surface area contributed by atoms with E-state index in [1.54, 1.807) is 0 Å². The summed E-state index contributed by atoms with van der Waals surface area (Å²) in [5.74, 6) is -1.88. The van der Waals surface area contributed by atoms with Gasteiger partial charge in [-0.2, -0.15) is 15.0 Å². The van der Waals surface area contributed by atoms with Crippen molar-refractivity contribution in [2.24, 2.45) is 15.0 Å². The number of fused-ring (bicyclic) bond motifs is 13. The number of nitrogens with two attached hydrogens (primary N) is 3. The number of H-pyrrole nitrogens is 3. The number of aliphatic imine (C=N–C) groups is 3. The first-order valence-electron chi connectivity index (χ1n) is 39.7. The van der Waals surface area contributed by atoms with Crippen molar-refractivity contribution in [1.82, 2.24) is 87.2 Å². The molecule has 71 heteroatoms. The highest BCUT2D eigenvalue weighted by Gasteiger charge is 2.67. The fourth-order valence-electron chi connectivity index (χ4n) is 16.8. The van der Waals surface area contributed by atoms with Crippen molar-refractivity contribution in [3.8, 4) is 0 Å². The maximum absolute atomic E-state index is 15.8. The van der Waals surface area contributed by atoms with E-state index in [1.165, 1.54) is 51.3 Å². The summed E-state index contributed by atoms with van der Waals surface area (Å²) < 4.78 is 236. The molecule has 0 saturated carbocycles. The van der Waals surface area contributed by atoms with E-state index in [0.29, 0.717) is 0 Å². The van der Waals surface area contributed by atoms with Gasteiger partial charge >= 0.3 is 46.9 Å². The molecule has 9 aromatic heterocycles. The molecule has 0 aromatic carbocycles. The van der Waals surface area contributed by atoms with Gasteiger partial charge in [0.25, 0.3) is 16.7 Å². The van der Waals surface area contributed by atoms with Crippen LogP contribution in [0.25, 0.3) is 33.5 Å². The van der Waals surface area contributed by atoms with Crippen LogP contribution in [-0.4, -0.2) is 307 Å². The SMILES string of the molecule is Nc1nc2c(ncn2[C@@H]2O[C@@H]3COP(=O)(O)O[C@H]4[C@H](F)[C@H](n5cnc6c5N=CCC6=O)O[C@@H]4COP(=O)(O)O[C@@H]2C3)c(=O)[nH]1.Nc1nc2c(ncn2[C@@H]2O[C@@H]3COP(=O)(O)O[C@H]4[C@H](F)[C@H](n5cnc6c5N=CCC6=O)O[C@@H]4COP(=O)(O)O[C@@H]2[C@@H]3F)c(=O)[nH]1.Nc1nc2c(ncn2[C@@H]2O[C@@]34CO[C@H]3[C@H]2OP(=O)(O)OC[C@H]2O[C@@H](n3cnc5c3N=CCC5=O)[C@H](O)[C@@H]2OP(=O)(O)OC4)c(=O)[nH]1. The number of aromatic nitrogens is 18. The quantitative estimate of drug-likeness (QED) is 0.0945. The zero-order chi connectivity index (χ0) is 95.0. The molecule has 10 saturated heterocycles. The second-order valence-corrected chi connectivity index (χ2v) is 39.9. The molecule has 0 aliphatic carbocycles. The van der Waals surface area contributed by atoms with Crippen LogP contribution in [-0.2, 0) is 115 Å². The van der Waals surface area contributed by atoms with Crippen molar-refractivity contribution in [2.45, 2.75) is 167 Å². The number of phosphoric ester groups is 6. The summed E-state index contributed by atoms with van der Waals surface area (Å²) >= 11 is 0. The van der Waals surface area contributed by atoms with Crippen molar-refractivity contribution in [1.29, 1.82) is 0 Å². The number of aliphatic hydroxyl groups excluding tert-OH is 1. The van der Waals surface area contributed by atoms with E-state index in [2.05, 4.69) is 74.8 Å². The number of ketones is 3. The van der Waals surface area contributed by atoms with Gasteiger partial charge in [0.15, 0.2) is 141 Å². The van der Waals surface area contributed by atoms with E-state index in [-0.39, 0.29) is 130 Å². The van der Waals surface area contributed by atoms with Crippen molar-refractivity contribution in [3.05, 3.63) is 86.1 Å². The number of hydrogen-bond donors (Lipinski definition) is 13. The van der Waals surface area contributed by atoms with E-state index < -0.39 is 250 Å². The number of halogens is 3. The molecule has 0 amide bonds. The highest BCUT2D eigenvalue weighted by atomic mass is 31.2. The third-order valence-corrected chi connectivity index (χ3v) is 28.7. The first-order valence-corrected chi connectivity index (χ1v) is 48.7. The minimum absolute atomic E-state index is 0.0000917. The zero-order valence-corrected chi connectivity index (χ0v) is 72.9. The second-order valence-electron chi connectivity index (χ2n) is 31.4. The number of rotatable bonds is 6. The average Bonchev–Trinajstić information content (AvgIpc) is 1.55. The van der Waals surface area contributed by atoms with Gasteiger partial charge in [0.1, 0.15) is 78.8 Å². The number of hydrogen-bond acceptors (Lipinski definition) is 47. The lowest BCUT2D eigenvalue weighted by atomic mass is 9.91. The Bertz CT molecular complexity index is 6910. The molecule has 10 fully saturated rings. The third-order valence-electron chi connectivity index (χ3n) is 22.8. The number of aromatic amines is 3. The number of aliphatic hydroxyl groups is 1. The Morgan fingerprint density at radius 3 is 1.20 bits per heavy atom. The number of anilines is 3. The molecule has 724 valence electrons. The number of Topliss-reactive ketones (excluding diaryl/α,β-unsaturated/α-hetero) is 3. The summed E-state index contributed by atoms with van der Waals surface area (Å²) in [6, 6.07) is 0. The van der Waals surface area contributed by atoms with E-state index in [0.717, 1.165) is 32.7 Å². The Labute approximate surface area is 744 Å². The van der Waals surface area contributed by atoms with E-state index in [4.69, 9.17) is 105 Å². The summed E-state index contributed by atoms with van der Waals surface area (Å²) in [6.45, 7) is -5.08. The fourth-order valence-corrected chi connectivity index (χ4v) is 22.5.